The Balaban J connectivity index is 2.42. The number of hydrogen-bond donors (Lipinski definition) is 1. The highest BCUT2D eigenvalue weighted by atomic mass is 16.5. The van der Waals surface area contributed by atoms with Gasteiger partial charge < -0.3 is 14.8 Å². The molecule has 0 radical (unpaired) electrons. The molecule has 2 atom stereocenters. The average Bonchev–Trinajstić information content (AvgIpc) is 2.29. The Labute approximate surface area is 96.8 Å². The molecule has 0 spiro atoms. The lowest BCUT2D eigenvalue weighted by molar-refractivity contribution is 0.249. The molecule has 0 amide bonds. The van der Waals surface area contributed by atoms with E-state index in [0.717, 1.165) is 18.0 Å². The van der Waals surface area contributed by atoms with Crippen molar-refractivity contribution in [3.63, 3.8) is 0 Å². The van der Waals surface area contributed by atoms with Crippen LogP contribution in [0.15, 0.2) is 12.1 Å². The van der Waals surface area contributed by atoms with Crippen molar-refractivity contribution >= 4 is 0 Å². The van der Waals surface area contributed by atoms with E-state index < -0.39 is 0 Å². The molecule has 2 rings (SSSR count). The van der Waals surface area contributed by atoms with Crippen LogP contribution < -0.4 is 14.8 Å². The van der Waals surface area contributed by atoms with Crippen LogP contribution >= 0.6 is 0 Å². The van der Waals surface area contributed by atoms with Gasteiger partial charge in [-0.15, -0.1) is 0 Å². The molecule has 1 aromatic carbocycles. The van der Waals surface area contributed by atoms with Crippen molar-refractivity contribution in [2.75, 3.05) is 20.8 Å². The van der Waals surface area contributed by atoms with Crippen molar-refractivity contribution < 1.29 is 9.47 Å². The van der Waals surface area contributed by atoms with E-state index >= 15 is 0 Å². The van der Waals surface area contributed by atoms with E-state index in [1.807, 2.05) is 6.07 Å². The fourth-order valence-electron chi connectivity index (χ4n) is 2.28. The maximum Gasteiger partial charge on any atom is 0.127 e. The minimum absolute atomic E-state index is 0.417. The molecule has 0 aromatic heterocycles. The molecule has 0 bridgehead atoms. The van der Waals surface area contributed by atoms with Crippen LogP contribution in [-0.4, -0.2) is 20.8 Å². The lowest BCUT2D eigenvalue weighted by Gasteiger charge is -2.37. The molecule has 1 aliphatic rings. The number of nitrogens with one attached hydrogen (secondary N) is 1. The minimum atomic E-state index is 0.417. The highest BCUT2D eigenvalue weighted by Crippen LogP contribution is 2.39. The lowest BCUT2D eigenvalue weighted by atomic mass is 9.85. The number of aryl methyl sites for hydroxylation is 1. The third-order valence-corrected chi connectivity index (χ3v) is 3.32. The highest BCUT2D eigenvalue weighted by molar-refractivity contribution is 5.48. The van der Waals surface area contributed by atoms with Crippen LogP contribution in [0.4, 0.5) is 0 Å². The average molecular weight is 221 g/mol. The Hall–Kier alpha value is -1.22. The summed E-state index contributed by atoms with van der Waals surface area (Å²) in [6, 6.07) is 4.43. The Morgan fingerprint density at radius 2 is 2.00 bits per heavy atom. The summed E-state index contributed by atoms with van der Waals surface area (Å²) in [5.74, 6) is 2.44. The van der Waals surface area contributed by atoms with Gasteiger partial charge in [0.05, 0.1) is 14.2 Å². The van der Waals surface area contributed by atoms with Crippen molar-refractivity contribution in [1.82, 2.24) is 5.32 Å². The Kier molecular flexibility index (Phi) is 3.06. The fraction of sp³-hybridized carbons (Fsp3) is 0.538. The van der Waals surface area contributed by atoms with Crippen molar-refractivity contribution in [2.45, 2.75) is 19.9 Å². The van der Waals surface area contributed by atoms with E-state index in [0.29, 0.717) is 12.0 Å². The number of ether oxygens (including phenoxy) is 2. The first kappa shape index (κ1) is 11.3. The number of rotatable bonds is 3. The van der Waals surface area contributed by atoms with Crippen molar-refractivity contribution in [2.24, 2.45) is 5.92 Å². The molecule has 3 nitrogen and oxygen atoms in total. The monoisotopic (exact) mass is 221 g/mol. The third kappa shape index (κ3) is 1.76. The summed E-state index contributed by atoms with van der Waals surface area (Å²) in [6.45, 7) is 5.44. The summed E-state index contributed by atoms with van der Waals surface area (Å²) >= 11 is 0. The molecule has 0 aliphatic carbocycles. The number of hydrogen-bond acceptors (Lipinski definition) is 3. The molecule has 0 saturated carbocycles. The predicted octanol–water partition coefficient (Wildman–Crippen LogP) is 2.29. The zero-order valence-electron chi connectivity index (χ0n) is 10.3. The Morgan fingerprint density at radius 1 is 1.25 bits per heavy atom. The summed E-state index contributed by atoms with van der Waals surface area (Å²) in [5.41, 5.74) is 2.49. The van der Waals surface area contributed by atoms with Crippen LogP contribution in [0, 0.1) is 12.8 Å². The Morgan fingerprint density at radius 3 is 2.44 bits per heavy atom. The normalized spacial score (nSPS) is 23.8. The fourth-order valence-corrected chi connectivity index (χ4v) is 2.28. The van der Waals surface area contributed by atoms with Crippen LogP contribution in [0.1, 0.15) is 24.1 Å². The van der Waals surface area contributed by atoms with E-state index in [9.17, 15) is 0 Å². The van der Waals surface area contributed by atoms with E-state index in [2.05, 4.69) is 25.2 Å². The lowest BCUT2D eigenvalue weighted by Crippen LogP contribution is -2.44. The van der Waals surface area contributed by atoms with E-state index in [1.165, 1.54) is 11.1 Å². The standard InChI is InChI=1S/C13H19NO2/c1-8-5-10(15-3)6-11(16-4)12(8)13-9(2)7-14-13/h5-6,9,13-14H,7H2,1-4H3. The molecule has 16 heavy (non-hydrogen) atoms. The molecule has 1 aliphatic heterocycles. The maximum atomic E-state index is 5.45. The number of methoxy groups -OCH3 is 2. The van der Waals surface area contributed by atoms with Gasteiger partial charge in [-0.3, -0.25) is 0 Å². The molecule has 88 valence electrons. The van der Waals surface area contributed by atoms with Gasteiger partial charge in [0.25, 0.3) is 0 Å². The van der Waals surface area contributed by atoms with Gasteiger partial charge in [0.1, 0.15) is 11.5 Å². The van der Waals surface area contributed by atoms with E-state index in [1.54, 1.807) is 14.2 Å². The predicted molar refractivity (Wildman–Crippen MR) is 64.2 cm³/mol. The molecule has 2 unspecified atom stereocenters. The van der Waals surface area contributed by atoms with Gasteiger partial charge in [-0.1, -0.05) is 6.92 Å². The van der Waals surface area contributed by atoms with Gasteiger partial charge in [-0.25, -0.2) is 0 Å². The van der Waals surface area contributed by atoms with Gasteiger partial charge in [0, 0.05) is 24.2 Å². The molecular weight excluding hydrogens is 202 g/mol. The van der Waals surface area contributed by atoms with Crippen molar-refractivity contribution in [1.29, 1.82) is 0 Å². The van der Waals surface area contributed by atoms with Crippen LogP contribution in [-0.2, 0) is 0 Å². The smallest absolute Gasteiger partial charge is 0.127 e. The topological polar surface area (TPSA) is 30.5 Å². The molecule has 1 fully saturated rings. The minimum Gasteiger partial charge on any atom is -0.497 e. The first-order valence-electron chi connectivity index (χ1n) is 5.63. The largest absolute Gasteiger partial charge is 0.497 e. The molecule has 3 heteroatoms. The van der Waals surface area contributed by atoms with E-state index in [-0.39, 0.29) is 0 Å². The van der Waals surface area contributed by atoms with Gasteiger partial charge in [0.2, 0.25) is 0 Å². The highest BCUT2D eigenvalue weighted by Gasteiger charge is 2.31. The molecular formula is C13H19NO2. The third-order valence-electron chi connectivity index (χ3n) is 3.32. The summed E-state index contributed by atoms with van der Waals surface area (Å²) in [5, 5.41) is 3.44. The first-order valence-corrected chi connectivity index (χ1v) is 5.63. The van der Waals surface area contributed by atoms with Crippen LogP contribution in [0.25, 0.3) is 0 Å². The zero-order valence-corrected chi connectivity index (χ0v) is 10.3. The van der Waals surface area contributed by atoms with Gasteiger partial charge in [-0.05, 0) is 24.5 Å². The second-order valence-electron chi connectivity index (χ2n) is 4.42. The van der Waals surface area contributed by atoms with Crippen LogP contribution in [0.3, 0.4) is 0 Å². The number of benzene rings is 1. The molecule has 1 N–H and O–H groups in total. The summed E-state index contributed by atoms with van der Waals surface area (Å²) < 4.78 is 10.7. The SMILES string of the molecule is COc1cc(C)c(C2NCC2C)c(OC)c1. The molecule has 1 aromatic rings. The van der Waals surface area contributed by atoms with Gasteiger partial charge >= 0.3 is 0 Å². The molecule has 1 saturated heterocycles. The second kappa shape index (κ2) is 4.34. The van der Waals surface area contributed by atoms with Crippen molar-refractivity contribution in [3.8, 4) is 11.5 Å². The zero-order chi connectivity index (χ0) is 11.7. The summed E-state index contributed by atoms with van der Waals surface area (Å²) in [6.07, 6.45) is 0. The molecule has 1 heterocycles. The van der Waals surface area contributed by atoms with Crippen LogP contribution in [0.2, 0.25) is 0 Å². The first-order chi connectivity index (χ1) is 7.67. The summed E-state index contributed by atoms with van der Waals surface area (Å²) in [7, 11) is 3.39. The van der Waals surface area contributed by atoms with Crippen molar-refractivity contribution in [3.05, 3.63) is 23.3 Å². The quantitative estimate of drug-likeness (QED) is 0.849. The Bertz CT molecular complexity index is 390. The van der Waals surface area contributed by atoms with Gasteiger partial charge in [-0.2, -0.15) is 0 Å². The maximum absolute atomic E-state index is 5.45. The van der Waals surface area contributed by atoms with Gasteiger partial charge in [0.15, 0.2) is 0 Å². The second-order valence-corrected chi connectivity index (χ2v) is 4.42. The summed E-state index contributed by atoms with van der Waals surface area (Å²) in [4.78, 5) is 0. The van der Waals surface area contributed by atoms with E-state index in [4.69, 9.17) is 9.47 Å². The van der Waals surface area contributed by atoms with Crippen LogP contribution in [0.5, 0.6) is 11.5 Å².